The van der Waals surface area contributed by atoms with Crippen LogP contribution in [0.3, 0.4) is 0 Å². The van der Waals surface area contributed by atoms with Gasteiger partial charge in [0.05, 0.1) is 5.69 Å². The molecule has 1 saturated carbocycles. The Labute approximate surface area is 275 Å². The number of halogens is 2. The average Bonchev–Trinajstić information content (AvgIpc) is 3.53. The maximum atomic E-state index is 15.7. The van der Waals surface area contributed by atoms with E-state index in [1.807, 2.05) is 20.9 Å². The summed E-state index contributed by atoms with van der Waals surface area (Å²) in [4.78, 5) is 56.7. The molecule has 13 heteroatoms. The molecule has 1 aliphatic carbocycles. The van der Waals surface area contributed by atoms with E-state index in [1.54, 1.807) is 28.6 Å². The maximum Gasteiger partial charge on any atom is 0.270 e. The van der Waals surface area contributed by atoms with Crippen LogP contribution in [0.5, 0.6) is 0 Å². The Bertz CT molecular complexity index is 1420. The first-order chi connectivity index (χ1) is 22.3. The van der Waals surface area contributed by atoms with E-state index < -0.39 is 47.7 Å². The van der Waals surface area contributed by atoms with Gasteiger partial charge in [0.15, 0.2) is 6.17 Å². The molecular weight excluding hydrogens is 608 g/mol. The number of aromatic nitrogens is 2. The lowest BCUT2D eigenvalue weighted by molar-refractivity contribution is -0.140. The Kier molecular flexibility index (Phi) is 12.1. The highest BCUT2D eigenvalue weighted by atomic mass is 19.1. The second kappa shape index (κ2) is 15.8. The number of carbonyl (C=O) groups excluding carboxylic acids is 4. The molecular formula is C34H49F2N7O4. The standard InChI is InChI=1S/C34H49F2N7O4/c1-7-43-28(14-15-37-43)32(45)40-30(24-10-8-20(2)9-11-24)33(46)38-27-13-12-25(18-26(27)36)22(4)29(39-31(44)23(5)35)34(47)42-17-16-41(6)21(3)19-42/h12-15,18,20-24,29-30H,7-11,16-17,19H2,1-6H3,(H,38,46)(H,39,44)(H,40,45)/t20-,21-,22-,23?,24-,29?,30-/m0/s1. The fourth-order valence-electron chi connectivity index (χ4n) is 6.44. The van der Waals surface area contributed by atoms with Gasteiger partial charge in [-0.2, -0.15) is 5.10 Å². The third-order valence-corrected chi connectivity index (χ3v) is 9.82. The number of nitrogens with zero attached hydrogens (tertiary/aromatic N) is 4. The van der Waals surface area contributed by atoms with Crippen LogP contribution in [0.15, 0.2) is 30.5 Å². The van der Waals surface area contributed by atoms with Gasteiger partial charge in [0, 0.05) is 44.3 Å². The molecule has 2 fully saturated rings. The van der Waals surface area contributed by atoms with E-state index in [-0.39, 0.29) is 23.6 Å². The first-order valence-corrected chi connectivity index (χ1v) is 16.7. The van der Waals surface area contributed by atoms with Crippen molar-refractivity contribution in [2.45, 2.75) is 97.1 Å². The molecule has 0 bridgehead atoms. The Morgan fingerprint density at radius 3 is 2.32 bits per heavy atom. The molecule has 2 aliphatic rings. The van der Waals surface area contributed by atoms with Crippen LogP contribution in [-0.2, 0) is 20.9 Å². The smallest absolute Gasteiger partial charge is 0.270 e. The van der Waals surface area contributed by atoms with Crippen LogP contribution < -0.4 is 16.0 Å². The zero-order valence-electron chi connectivity index (χ0n) is 28.3. The van der Waals surface area contributed by atoms with Crippen LogP contribution >= 0.6 is 0 Å². The average molecular weight is 658 g/mol. The molecule has 47 heavy (non-hydrogen) atoms. The topological polar surface area (TPSA) is 129 Å². The van der Waals surface area contributed by atoms with Crippen molar-refractivity contribution in [3.05, 3.63) is 47.5 Å². The summed E-state index contributed by atoms with van der Waals surface area (Å²) >= 11 is 0. The van der Waals surface area contributed by atoms with Crippen LogP contribution in [0.1, 0.15) is 82.3 Å². The molecule has 1 saturated heterocycles. The lowest BCUT2D eigenvalue weighted by atomic mass is 9.79. The van der Waals surface area contributed by atoms with E-state index in [0.717, 1.165) is 32.6 Å². The van der Waals surface area contributed by atoms with Crippen molar-refractivity contribution in [3.63, 3.8) is 0 Å². The summed E-state index contributed by atoms with van der Waals surface area (Å²) in [6.45, 7) is 10.8. The molecule has 0 radical (unpaired) electrons. The van der Waals surface area contributed by atoms with Gasteiger partial charge in [-0.05, 0) is 76.3 Å². The second-order valence-corrected chi connectivity index (χ2v) is 13.2. The van der Waals surface area contributed by atoms with Gasteiger partial charge in [-0.25, -0.2) is 8.78 Å². The van der Waals surface area contributed by atoms with Crippen molar-refractivity contribution in [3.8, 4) is 0 Å². The molecule has 4 amide bonds. The zero-order valence-corrected chi connectivity index (χ0v) is 28.3. The third-order valence-electron chi connectivity index (χ3n) is 9.82. The third kappa shape index (κ3) is 8.74. The number of benzene rings is 1. The van der Waals surface area contributed by atoms with Gasteiger partial charge in [-0.15, -0.1) is 0 Å². The normalized spacial score (nSPS) is 22.9. The number of carbonyl (C=O) groups is 4. The number of alkyl halides is 1. The van der Waals surface area contributed by atoms with E-state index in [2.05, 4.69) is 32.9 Å². The van der Waals surface area contributed by atoms with Crippen LogP contribution in [-0.4, -0.2) is 94.2 Å². The molecule has 5 atom stereocenters. The van der Waals surface area contributed by atoms with Gasteiger partial charge in [0.2, 0.25) is 11.8 Å². The molecule has 258 valence electrons. The fraction of sp³-hybridized carbons (Fsp3) is 0.618. The number of hydrogen-bond acceptors (Lipinski definition) is 6. The SMILES string of the molecule is CCn1nccc1C(=O)N[C@H](C(=O)Nc1ccc([C@H](C)C(NC(=O)C(C)F)C(=O)N2CCN(C)[C@@H](C)C2)cc1F)[C@H]1CC[C@H](C)CC1. The minimum atomic E-state index is -1.83. The zero-order chi connectivity index (χ0) is 34.4. The molecule has 2 unspecified atom stereocenters. The molecule has 3 N–H and O–H groups in total. The van der Waals surface area contributed by atoms with Gasteiger partial charge in [-0.1, -0.05) is 32.8 Å². The summed E-state index contributed by atoms with van der Waals surface area (Å²) in [6, 6.07) is 3.88. The quantitative estimate of drug-likeness (QED) is 0.338. The van der Waals surface area contributed by atoms with E-state index >= 15 is 4.39 Å². The molecule has 0 spiro atoms. The van der Waals surface area contributed by atoms with Gasteiger partial charge < -0.3 is 25.8 Å². The summed E-state index contributed by atoms with van der Waals surface area (Å²) in [5.74, 6) is -3.29. The highest BCUT2D eigenvalue weighted by Gasteiger charge is 2.36. The number of nitrogens with one attached hydrogen (secondary N) is 3. The molecule has 2 aromatic rings. The fourth-order valence-corrected chi connectivity index (χ4v) is 6.44. The van der Waals surface area contributed by atoms with Crippen molar-refractivity contribution >= 4 is 29.3 Å². The Balaban J connectivity index is 1.53. The number of aryl methyl sites for hydroxylation is 1. The number of hydrogen-bond donors (Lipinski definition) is 3. The Morgan fingerprint density at radius 1 is 1.00 bits per heavy atom. The lowest BCUT2D eigenvalue weighted by Crippen LogP contribution is -2.58. The summed E-state index contributed by atoms with van der Waals surface area (Å²) < 4.78 is 31.1. The molecule has 2 heterocycles. The number of likely N-dealkylation sites (N-methyl/N-ethyl adjacent to an activating group) is 1. The number of piperazine rings is 1. The monoisotopic (exact) mass is 657 g/mol. The summed E-state index contributed by atoms with van der Waals surface area (Å²) in [5.41, 5.74) is 0.653. The van der Waals surface area contributed by atoms with E-state index in [9.17, 15) is 23.6 Å². The highest BCUT2D eigenvalue weighted by Crippen LogP contribution is 2.32. The summed E-state index contributed by atoms with van der Waals surface area (Å²) in [6.07, 6.45) is 3.03. The minimum absolute atomic E-state index is 0.0786. The number of anilines is 1. The van der Waals surface area contributed by atoms with Crippen molar-refractivity contribution in [1.29, 1.82) is 0 Å². The Morgan fingerprint density at radius 2 is 1.70 bits per heavy atom. The van der Waals surface area contributed by atoms with Crippen molar-refractivity contribution in [2.75, 3.05) is 32.0 Å². The molecule has 1 aliphatic heterocycles. The number of amides is 4. The van der Waals surface area contributed by atoms with Crippen molar-refractivity contribution in [2.24, 2.45) is 11.8 Å². The molecule has 11 nitrogen and oxygen atoms in total. The van der Waals surface area contributed by atoms with Gasteiger partial charge in [0.25, 0.3) is 11.8 Å². The van der Waals surface area contributed by atoms with Gasteiger partial charge >= 0.3 is 0 Å². The predicted molar refractivity (Wildman–Crippen MR) is 175 cm³/mol. The summed E-state index contributed by atoms with van der Waals surface area (Å²) in [7, 11) is 1.97. The number of rotatable bonds is 11. The lowest BCUT2D eigenvalue weighted by Gasteiger charge is -2.40. The van der Waals surface area contributed by atoms with Crippen molar-refractivity contribution in [1.82, 2.24) is 30.2 Å². The second-order valence-electron chi connectivity index (χ2n) is 13.2. The highest BCUT2D eigenvalue weighted by molar-refractivity contribution is 6.00. The van der Waals surface area contributed by atoms with Crippen LogP contribution in [0, 0.1) is 17.7 Å². The van der Waals surface area contributed by atoms with E-state index in [1.165, 1.54) is 18.3 Å². The van der Waals surface area contributed by atoms with Crippen molar-refractivity contribution < 1.29 is 28.0 Å². The minimum Gasteiger partial charge on any atom is -0.341 e. The van der Waals surface area contributed by atoms with E-state index in [4.69, 9.17) is 0 Å². The molecule has 1 aromatic carbocycles. The van der Waals surface area contributed by atoms with Gasteiger partial charge in [0.1, 0.15) is 23.6 Å². The summed E-state index contributed by atoms with van der Waals surface area (Å²) in [5, 5.41) is 12.3. The Hall–Kier alpha value is -3.87. The van der Waals surface area contributed by atoms with Crippen LogP contribution in [0.2, 0.25) is 0 Å². The first-order valence-electron chi connectivity index (χ1n) is 16.7. The van der Waals surface area contributed by atoms with Gasteiger partial charge in [-0.3, -0.25) is 23.9 Å². The predicted octanol–water partition coefficient (Wildman–Crippen LogP) is 3.71. The van der Waals surface area contributed by atoms with E-state index in [0.29, 0.717) is 43.4 Å². The molecule has 1 aromatic heterocycles. The molecule has 4 rings (SSSR count). The largest absolute Gasteiger partial charge is 0.341 e. The maximum absolute atomic E-state index is 15.7. The van der Waals surface area contributed by atoms with Crippen LogP contribution in [0.4, 0.5) is 14.5 Å². The first kappa shape index (κ1) is 36.0. The van der Waals surface area contributed by atoms with Crippen LogP contribution in [0.25, 0.3) is 0 Å².